The van der Waals surface area contributed by atoms with E-state index in [1.54, 1.807) is 30.3 Å². The molecule has 4 aromatic rings. The summed E-state index contributed by atoms with van der Waals surface area (Å²) in [6.07, 6.45) is 0.441. The quantitative estimate of drug-likeness (QED) is 0.279. The van der Waals surface area contributed by atoms with Crippen molar-refractivity contribution in [3.8, 4) is 22.8 Å². The van der Waals surface area contributed by atoms with Crippen molar-refractivity contribution in [2.75, 3.05) is 6.61 Å². The molecule has 0 saturated heterocycles. The molecule has 1 unspecified atom stereocenters. The number of fused-ring (bicyclic) bond motifs is 2. The Morgan fingerprint density at radius 1 is 1.03 bits per heavy atom. The number of rotatable bonds is 5. The highest BCUT2D eigenvalue weighted by Gasteiger charge is 2.27. The SMILES string of the molecule is O=C(N/N=C/c1ccc(-c2ccccc2[N+](=O)[O-])o1)C1COc2cc3ccccc3cc2O1. The van der Waals surface area contributed by atoms with Gasteiger partial charge in [-0.3, -0.25) is 14.9 Å². The van der Waals surface area contributed by atoms with Crippen LogP contribution in [0.15, 0.2) is 82.3 Å². The molecule has 1 amide bonds. The van der Waals surface area contributed by atoms with Crippen molar-refractivity contribution in [1.82, 2.24) is 5.43 Å². The van der Waals surface area contributed by atoms with Crippen molar-refractivity contribution in [2.45, 2.75) is 6.10 Å². The molecule has 0 radical (unpaired) electrons. The van der Waals surface area contributed by atoms with Gasteiger partial charge in [-0.05, 0) is 41.1 Å². The summed E-state index contributed by atoms with van der Waals surface area (Å²) < 4.78 is 17.1. The van der Waals surface area contributed by atoms with Crippen LogP contribution < -0.4 is 14.9 Å². The van der Waals surface area contributed by atoms with Crippen LogP contribution in [0.5, 0.6) is 11.5 Å². The third-order valence-corrected chi connectivity index (χ3v) is 5.12. The van der Waals surface area contributed by atoms with Gasteiger partial charge in [0, 0.05) is 6.07 Å². The van der Waals surface area contributed by atoms with Crippen molar-refractivity contribution in [1.29, 1.82) is 0 Å². The lowest BCUT2D eigenvalue weighted by Gasteiger charge is -2.25. The number of nitrogens with zero attached hydrogens (tertiary/aromatic N) is 2. The van der Waals surface area contributed by atoms with Crippen molar-refractivity contribution in [3.63, 3.8) is 0 Å². The number of para-hydroxylation sites is 1. The predicted octanol–water partition coefficient (Wildman–Crippen LogP) is 4.30. The summed E-state index contributed by atoms with van der Waals surface area (Å²) in [5.74, 6) is 1.24. The van der Waals surface area contributed by atoms with E-state index in [1.165, 1.54) is 12.3 Å². The highest BCUT2D eigenvalue weighted by Crippen LogP contribution is 2.36. The van der Waals surface area contributed by atoms with Crippen LogP contribution in [0, 0.1) is 10.1 Å². The smallest absolute Gasteiger partial charge is 0.284 e. The Morgan fingerprint density at radius 2 is 1.76 bits per heavy atom. The molecule has 0 bridgehead atoms. The minimum absolute atomic E-state index is 0.0509. The second kappa shape index (κ2) is 8.46. The number of nitro groups is 1. The van der Waals surface area contributed by atoms with E-state index in [4.69, 9.17) is 13.9 Å². The summed E-state index contributed by atoms with van der Waals surface area (Å²) >= 11 is 0. The number of nitrogens with one attached hydrogen (secondary N) is 1. The third kappa shape index (κ3) is 4.11. The van der Waals surface area contributed by atoms with Crippen LogP contribution in [0.3, 0.4) is 0 Å². The Morgan fingerprint density at radius 3 is 2.55 bits per heavy atom. The van der Waals surface area contributed by atoms with Gasteiger partial charge in [0.15, 0.2) is 11.5 Å². The molecule has 0 saturated carbocycles. The average Bonchev–Trinajstić information content (AvgIpc) is 3.31. The van der Waals surface area contributed by atoms with E-state index in [0.29, 0.717) is 28.6 Å². The minimum Gasteiger partial charge on any atom is -0.485 e. The van der Waals surface area contributed by atoms with Crippen LogP contribution in [-0.4, -0.2) is 29.8 Å². The maximum Gasteiger partial charge on any atom is 0.284 e. The van der Waals surface area contributed by atoms with Crippen LogP contribution in [0.4, 0.5) is 5.69 Å². The largest absolute Gasteiger partial charge is 0.485 e. The Kier molecular flexibility index (Phi) is 5.19. The van der Waals surface area contributed by atoms with Gasteiger partial charge in [0.1, 0.15) is 18.1 Å². The molecule has 3 aromatic carbocycles. The first-order chi connectivity index (χ1) is 16.1. The Bertz CT molecular complexity index is 1390. The molecule has 1 aliphatic heterocycles. The summed E-state index contributed by atoms with van der Waals surface area (Å²) in [5.41, 5.74) is 2.69. The summed E-state index contributed by atoms with van der Waals surface area (Å²) in [6.45, 7) is 0.0509. The molecule has 1 aromatic heterocycles. The number of hydrazone groups is 1. The molecular weight excluding hydrogens is 426 g/mol. The number of hydrogen-bond acceptors (Lipinski definition) is 7. The number of hydrogen-bond donors (Lipinski definition) is 1. The fourth-order valence-corrected chi connectivity index (χ4v) is 3.53. The van der Waals surface area contributed by atoms with E-state index in [1.807, 2.05) is 36.4 Å². The van der Waals surface area contributed by atoms with Crippen molar-refractivity contribution >= 4 is 28.6 Å². The molecule has 2 heterocycles. The van der Waals surface area contributed by atoms with Crippen LogP contribution in [0.2, 0.25) is 0 Å². The van der Waals surface area contributed by atoms with Crippen LogP contribution in [-0.2, 0) is 4.79 Å². The second-order valence-electron chi connectivity index (χ2n) is 7.27. The first-order valence-electron chi connectivity index (χ1n) is 10.1. The third-order valence-electron chi connectivity index (χ3n) is 5.12. The predicted molar refractivity (Wildman–Crippen MR) is 120 cm³/mol. The highest BCUT2D eigenvalue weighted by atomic mass is 16.6. The first kappa shape index (κ1) is 20.3. The lowest BCUT2D eigenvalue weighted by atomic mass is 10.1. The Labute approximate surface area is 187 Å². The molecule has 9 nitrogen and oxygen atoms in total. The Balaban J connectivity index is 1.24. The van der Waals surface area contributed by atoms with Gasteiger partial charge >= 0.3 is 0 Å². The zero-order valence-electron chi connectivity index (χ0n) is 17.1. The summed E-state index contributed by atoms with van der Waals surface area (Å²) in [5, 5.41) is 17.1. The van der Waals surface area contributed by atoms with Crippen LogP contribution in [0.1, 0.15) is 5.76 Å². The zero-order valence-corrected chi connectivity index (χ0v) is 17.1. The number of carbonyl (C=O) groups is 1. The standard InChI is InChI=1S/C24H17N3O6/c28-24(23-14-31-21-11-15-5-1-2-6-16(15)12-22(21)33-23)26-25-13-17-9-10-20(32-17)18-7-3-4-8-19(18)27(29)30/h1-13,23H,14H2,(H,26,28)/b25-13+. The number of nitro benzene ring substituents is 1. The fourth-order valence-electron chi connectivity index (χ4n) is 3.53. The normalized spacial score (nSPS) is 15.0. The molecule has 1 N–H and O–H groups in total. The van der Waals surface area contributed by atoms with Gasteiger partial charge < -0.3 is 13.9 Å². The van der Waals surface area contributed by atoms with E-state index in [-0.39, 0.29) is 12.3 Å². The number of furan rings is 1. The summed E-state index contributed by atoms with van der Waals surface area (Å²) in [4.78, 5) is 23.2. The number of ether oxygens (including phenoxy) is 2. The van der Waals surface area contributed by atoms with Crippen molar-refractivity contribution in [3.05, 3.63) is 88.7 Å². The van der Waals surface area contributed by atoms with E-state index in [2.05, 4.69) is 10.5 Å². The number of benzene rings is 3. The van der Waals surface area contributed by atoms with Gasteiger partial charge in [0.25, 0.3) is 11.6 Å². The molecule has 0 fully saturated rings. The van der Waals surface area contributed by atoms with Crippen molar-refractivity contribution < 1.29 is 23.6 Å². The van der Waals surface area contributed by atoms with Crippen LogP contribution >= 0.6 is 0 Å². The van der Waals surface area contributed by atoms with Gasteiger partial charge in [0.2, 0.25) is 6.10 Å². The van der Waals surface area contributed by atoms with E-state index in [0.717, 1.165) is 10.8 Å². The van der Waals surface area contributed by atoms with E-state index >= 15 is 0 Å². The molecular formula is C24H17N3O6. The van der Waals surface area contributed by atoms with E-state index < -0.39 is 16.9 Å². The maximum atomic E-state index is 12.5. The first-order valence-corrected chi connectivity index (χ1v) is 10.1. The molecule has 9 heteroatoms. The number of amides is 1. The second-order valence-corrected chi connectivity index (χ2v) is 7.27. The summed E-state index contributed by atoms with van der Waals surface area (Å²) in [7, 11) is 0. The van der Waals surface area contributed by atoms with Crippen molar-refractivity contribution in [2.24, 2.45) is 5.10 Å². The topological polar surface area (TPSA) is 116 Å². The highest BCUT2D eigenvalue weighted by molar-refractivity contribution is 5.88. The lowest BCUT2D eigenvalue weighted by molar-refractivity contribution is -0.384. The zero-order chi connectivity index (χ0) is 22.8. The molecule has 1 atom stereocenters. The molecule has 33 heavy (non-hydrogen) atoms. The lowest BCUT2D eigenvalue weighted by Crippen LogP contribution is -2.42. The van der Waals surface area contributed by atoms with Gasteiger partial charge in [-0.25, -0.2) is 5.43 Å². The molecule has 0 spiro atoms. The molecule has 0 aliphatic carbocycles. The van der Waals surface area contributed by atoms with E-state index in [9.17, 15) is 14.9 Å². The van der Waals surface area contributed by atoms with Gasteiger partial charge in [-0.2, -0.15) is 5.10 Å². The fraction of sp³-hybridized carbons (Fsp3) is 0.0833. The van der Waals surface area contributed by atoms with Crippen LogP contribution in [0.25, 0.3) is 22.1 Å². The Hall–Kier alpha value is -4.66. The monoisotopic (exact) mass is 443 g/mol. The molecule has 1 aliphatic rings. The summed E-state index contributed by atoms with van der Waals surface area (Å²) in [6, 6.07) is 21.0. The minimum atomic E-state index is -0.866. The maximum absolute atomic E-state index is 12.5. The van der Waals surface area contributed by atoms with Gasteiger partial charge in [-0.15, -0.1) is 0 Å². The van der Waals surface area contributed by atoms with Gasteiger partial charge in [-0.1, -0.05) is 36.4 Å². The average molecular weight is 443 g/mol. The number of carbonyl (C=O) groups excluding carboxylic acids is 1. The van der Waals surface area contributed by atoms with Gasteiger partial charge in [0.05, 0.1) is 16.7 Å². The molecule has 164 valence electrons. The molecule has 5 rings (SSSR count).